The Morgan fingerprint density at radius 2 is 0.653 bits per heavy atom. The van der Waals surface area contributed by atoms with Gasteiger partial charge in [-0.2, -0.15) is 0 Å². The average Bonchev–Trinajstić information content (AvgIpc) is 4.12. The molecule has 3 nitrogen and oxygen atoms in total. The molecular formula is C69H46N2O. The highest BCUT2D eigenvalue weighted by Gasteiger charge is 2.48. The van der Waals surface area contributed by atoms with Crippen LogP contribution in [0.25, 0.3) is 55.9 Å². The van der Waals surface area contributed by atoms with Gasteiger partial charge < -0.3 is 9.32 Å². The van der Waals surface area contributed by atoms with Crippen molar-refractivity contribution in [3.8, 4) is 44.8 Å². The third kappa shape index (κ3) is 6.27. The van der Waals surface area contributed by atoms with Gasteiger partial charge in [0, 0.05) is 28.7 Å². The first kappa shape index (κ1) is 41.6. The van der Waals surface area contributed by atoms with Crippen molar-refractivity contribution in [2.24, 2.45) is 0 Å². The Morgan fingerprint density at radius 3 is 1.12 bits per heavy atom. The molecule has 72 heavy (non-hydrogen) atoms. The quantitative estimate of drug-likeness (QED) is 0.144. The zero-order valence-electron chi connectivity index (χ0n) is 39.4. The van der Waals surface area contributed by atoms with E-state index in [4.69, 9.17) is 9.40 Å². The molecule has 0 unspecified atom stereocenters. The summed E-state index contributed by atoms with van der Waals surface area (Å²) in [7, 11) is 0. The smallest absolute Gasteiger partial charge is 0.227 e. The van der Waals surface area contributed by atoms with Crippen molar-refractivity contribution >= 4 is 28.2 Å². The first-order valence-electron chi connectivity index (χ1n) is 24.8. The molecule has 0 saturated carbocycles. The van der Waals surface area contributed by atoms with Crippen molar-refractivity contribution in [2.75, 3.05) is 4.90 Å². The van der Waals surface area contributed by atoms with Gasteiger partial charge in [-0.1, -0.05) is 224 Å². The maximum absolute atomic E-state index is 6.75. The second kappa shape index (κ2) is 16.7. The minimum Gasteiger partial charge on any atom is -0.436 e. The highest BCUT2D eigenvalue weighted by atomic mass is 16.3. The molecular weight excluding hydrogens is 873 g/mol. The molecule has 0 amide bonds. The van der Waals surface area contributed by atoms with Gasteiger partial charge in [-0.15, -0.1) is 0 Å². The summed E-state index contributed by atoms with van der Waals surface area (Å²) < 4.78 is 6.75. The summed E-state index contributed by atoms with van der Waals surface area (Å²) in [5.74, 6) is 0.588. The molecule has 2 aliphatic rings. The fourth-order valence-electron chi connectivity index (χ4n) is 12.2. The van der Waals surface area contributed by atoms with Crippen LogP contribution in [-0.4, -0.2) is 4.98 Å². The van der Waals surface area contributed by atoms with E-state index in [0.717, 1.165) is 33.7 Å². The molecule has 0 atom stereocenters. The Hall–Kier alpha value is -9.31. The van der Waals surface area contributed by atoms with Crippen molar-refractivity contribution in [2.45, 2.75) is 10.8 Å². The largest absolute Gasteiger partial charge is 0.436 e. The molecule has 0 aliphatic heterocycles. The van der Waals surface area contributed by atoms with E-state index >= 15 is 0 Å². The summed E-state index contributed by atoms with van der Waals surface area (Å²) in [6.45, 7) is 0. The molecule has 0 radical (unpaired) electrons. The second-order valence-electron chi connectivity index (χ2n) is 19.0. The molecule has 0 fully saturated rings. The molecule has 0 saturated heterocycles. The van der Waals surface area contributed by atoms with Gasteiger partial charge in [0.15, 0.2) is 5.58 Å². The standard InChI is InChI=1S/C69H46N2O/c1-6-20-47(21-7-1)48-34-36-49(37-35-48)67-70-65-43-40-56(46-66(65)72-67)71(54-38-41-59-57-30-16-18-32-61(57)68(63(59)44-54,50-22-8-2-9-23-50)51-24-10-3-11-25-51)55-39-42-60-58-31-17-19-33-62(58)69(64(60)45-55,52-26-12-4-13-27-52)53-28-14-5-15-29-53/h1-46H. The van der Waals surface area contributed by atoms with E-state index in [1.807, 2.05) is 6.07 Å². The van der Waals surface area contributed by atoms with Crippen LogP contribution < -0.4 is 4.90 Å². The van der Waals surface area contributed by atoms with Gasteiger partial charge in [0.25, 0.3) is 0 Å². The number of hydrogen-bond donors (Lipinski definition) is 0. The summed E-state index contributed by atoms with van der Waals surface area (Å²) in [6.07, 6.45) is 0. The molecule has 14 rings (SSSR count). The zero-order chi connectivity index (χ0) is 47.6. The lowest BCUT2D eigenvalue weighted by Crippen LogP contribution is -2.29. The number of rotatable bonds is 9. The summed E-state index contributed by atoms with van der Waals surface area (Å²) in [4.78, 5) is 7.48. The van der Waals surface area contributed by atoms with Gasteiger partial charge in [-0.25, -0.2) is 4.98 Å². The van der Waals surface area contributed by atoms with E-state index in [1.54, 1.807) is 0 Å². The van der Waals surface area contributed by atoms with Crippen LogP contribution in [0.5, 0.6) is 0 Å². The number of anilines is 3. The molecule has 0 N–H and O–H groups in total. The Kier molecular flexibility index (Phi) is 9.65. The van der Waals surface area contributed by atoms with Crippen molar-refractivity contribution in [3.05, 3.63) is 324 Å². The lowest BCUT2D eigenvalue weighted by Gasteiger charge is -2.36. The molecule has 11 aromatic carbocycles. The number of benzene rings is 11. The molecule has 2 aliphatic carbocycles. The van der Waals surface area contributed by atoms with Gasteiger partial charge in [0.05, 0.1) is 10.8 Å². The number of fused-ring (bicyclic) bond motifs is 7. The van der Waals surface area contributed by atoms with E-state index < -0.39 is 10.8 Å². The SMILES string of the molecule is c1ccc(-c2ccc(-c3nc4ccc(N(c5ccc6c(c5)C(c5ccccc5)(c5ccccc5)c5ccccc5-6)c5ccc6c(c5)C(c5ccccc5)(c5ccccc5)c5ccccc5-6)cc4o3)cc2)cc1. The van der Waals surface area contributed by atoms with Crippen molar-refractivity contribution in [1.29, 1.82) is 0 Å². The third-order valence-electron chi connectivity index (χ3n) is 15.3. The van der Waals surface area contributed by atoms with Crippen molar-refractivity contribution < 1.29 is 4.42 Å². The normalized spacial score (nSPS) is 13.5. The van der Waals surface area contributed by atoms with E-state index in [9.17, 15) is 0 Å². The summed E-state index contributed by atoms with van der Waals surface area (Å²) in [6, 6.07) is 102. The summed E-state index contributed by atoms with van der Waals surface area (Å²) >= 11 is 0. The van der Waals surface area contributed by atoms with E-state index in [2.05, 4.69) is 278 Å². The van der Waals surface area contributed by atoms with Gasteiger partial charge in [0.2, 0.25) is 5.89 Å². The maximum atomic E-state index is 6.75. The fraction of sp³-hybridized carbons (Fsp3) is 0.0290. The molecule has 1 aromatic heterocycles. The van der Waals surface area contributed by atoms with Crippen LogP contribution in [0, 0.1) is 0 Å². The van der Waals surface area contributed by atoms with Gasteiger partial charge >= 0.3 is 0 Å². The van der Waals surface area contributed by atoms with E-state index in [0.29, 0.717) is 11.5 Å². The number of aromatic nitrogens is 1. The van der Waals surface area contributed by atoms with Gasteiger partial charge in [0.1, 0.15) is 5.52 Å². The van der Waals surface area contributed by atoms with E-state index in [1.165, 1.54) is 72.3 Å². The summed E-state index contributed by atoms with van der Waals surface area (Å²) in [5, 5.41) is 0. The number of hydrogen-bond acceptors (Lipinski definition) is 3. The Morgan fingerprint density at radius 1 is 0.292 bits per heavy atom. The minimum atomic E-state index is -0.578. The topological polar surface area (TPSA) is 29.3 Å². The molecule has 1 heterocycles. The average molecular weight is 919 g/mol. The first-order valence-corrected chi connectivity index (χ1v) is 24.8. The highest BCUT2D eigenvalue weighted by Crippen LogP contribution is 2.59. The lowest BCUT2D eigenvalue weighted by atomic mass is 9.67. The number of nitrogens with zero attached hydrogens (tertiary/aromatic N) is 2. The monoisotopic (exact) mass is 918 g/mol. The fourth-order valence-corrected chi connectivity index (χ4v) is 12.2. The molecule has 338 valence electrons. The first-order chi connectivity index (χ1) is 35.7. The Bertz CT molecular complexity index is 3700. The predicted molar refractivity (Wildman–Crippen MR) is 294 cm³/mol. The van der Waals surface area contributed by atoms with Gasteiger partial charge in [-0.3, -0.25) is 0 Å². The molecule has 12 aromatic rings. The Labute approximate surface area is 419 Å². The molecule has 0 spiro atoms. The lowest BCUT2D eigenvalue weighted by molar-refractivity contribution is 0.620. The van der Waals surface area contributed by atoms with Crippen LogP contribution in [0.1, 0.15) is 44.5 Å². The van der Waals surface area contributed by atoms with Crippen LogP contribution in [-0.2, 0) is 10.8 Å². The summed E-state index contributed by atoms with van der Waals surface area (Å²) in [5.41, 5.74) is 21.5. The maximum Gasteiger partial charge on any atom is 0.227 e. The molecule has 0 bridgehead atoms. The van der Waals surface area contributed by atoms with Crippen LogP contribution in [0.4, 0.5) is 17.1 Å². The predicted octanol–water partition coefficient (Wildman–Crippen LogP) is 17.4. The zero-order valence-corrected chi connectivity index (χ0v) is 39.4. The number of oxazole rings is 1. The van der Waals surface area contributed by atoms with Crippen LogP contribution in [0.15, 0.2) is 283 Å². The minimum absolute atomic E-state index is 0.578. The van der Waals surface area contributed by atoms with Crippen LogP contribution in [0.3, 0.4) is 0 Å². The van der Waals surface area contributed by atoms with Gasteiger partial charge in [-0.05, 0) is 126 Å². The second-order valence-corrected chi connectivity index (χ2v) is 19.0. The molecule has 3 heteroatoms. The van der Waals surface area contributed by atoms with Crippen LogP contribution in [0.2, 0.25) is 0 Å². The highest BCUT2D eigenvalue weighted by molar-refractivity contribution is 5.93. The third-order valence-corrected chi connectivity index (χ3v) is 15.3. The Balaban J connectivity index is 1.00. The van der Waals surface area contributed by atoms with Crippen LogP contribution >= 0.6 is 0 Å². The van der Waals surface area contributed by atoms with E-state index in [-0.39, 0.29) is 0 Å². The van der Waals surface area contributed by atoms with Crippen molar-refractivity contribution in [3.63, 3.8) is 0 Å². The van der Waals surface area contributed by atoms with Crippen molar-refractivity contribution in [1.82, 2.24) is 4.98 Å².